The Balaban J connectivity index is 1.95. The number of aliphatic imine (C=N–C) groups is 1. The molecule has 0 bridgehead atoms. The summed E-state index contributed by atoms with van der Waals surface area (Å²) in [6.07, 6.45) is 1.74. The number of carbonyl (C=O) groups excluding carboxylic acids is 1. The minimum absolute atomic E-state index is 0.325. The first-order valence-corrected chi connectivity index (χ1v) is 7.14. The average molecular weight is 375 g/mol. The van der Waals surface area contributed by atoms with E-state index < -0.39 is 5.97 Å². The van der Waals surface area contributed by atoms with Gasteiger partial charge in [-0.15, -0.1) is 0 Å². The third kappa shape index (κ3) is 2.80. The lowest BCUT2D eigenvalue weighted by atomic mass is 10.2. The summed E-state index contributed by atoms with van der Waals surface area (Å²) in [6, 6.07) is 17.2. The van der Waals surface area contributed by atoms with Gasteiger partial charge in [0, 0.05) is 9.13 Å². The highest BCUT2D eigenvalue weighted by molar-refractivity contribution is 14.1. The van der Waals surface area contributed by atoms with Crippen LogP contribution in [-0.2, 0) is 9.53 Å². The minimum Gasteiger partial charge on any atom is -0.402 e. The number of esters is 1. The Hall–Kier alpha value is -1.95. The van der Waals surface area contributed by atoms with Crippen LogP contribution in [0.25, 0.3) is 6.08 Å². The molecule has 0 aromatic heterocycles. The summed E-state index contributed by atoms with van der Waals surface area (Å²) in [4.78, 5) is 16.1. The largest absolute Gasteiger partial charge is 0.402 e. The summed E-state index contributed by atoms with van der Waals surface area (Å²) in [6.45, 7) is 0. The van der Waals surface area contributed by atoms with E-state index in [-0.39, 0.29) is 0 Å². The summed E-state index contributed by atoms with van der Waals surface area (Å²) < 4.78 is 6.31. The van der Waals surface area contributed by atoms with Gasteiger partial charge in [0.1, 0.15) is 0 Å². The molecule has 0 radical (unpaired) electrons. The van der Waals surface area contributed by atoms with Crippen LogP contribution in [0.5, 0.6) is 0 Å². The average Bonchev–Trinajstić information content (AvgIpc) is 2.81. The van der Waals surface area contributed by atoms with E-state index in [0.29, 0.717) is 11.6 Å². The number of cyclic esters (lactones) is 1. The fourth-order valence-corrected chi connectivity index (χ4v) is 2.43. The van der Waals surface area contributed by atoms with Gasteiger partial charge in [-0.1, -0.05) is 30.3 Å². The molecule has 0 saturated carbocycles. The highest BCUT2D eigenvalue weighted by Crippen LogP contribution is 2.19. The predicted octanol–water partition coefficient (Wildman–Crippen LogP) is 3.64. The lowest BCUT2D eigenvalue weighted by molar-refractivity contribution is -0.129. The van der Waals surface area contributed by atoms with E-state index in [2.05, 4.69) is 27.6 Å². The highest BCUT2D eigenvalue weighted by atomic mass is 127. The van der Waals surface area contributed by atoms with Crippen LogP contribution in [0.15, 0.2) is 65.3 Å². The standard InChI is InChI=1S/C16H10INO2/c17-13-8-4-5-11(9-13)10-14-16(19)20-15(18-14)12-6-2-1-3-7-12/h1-10H/b14-10+. The van der Waals surface area contributed by atoms with Crippen molar-refractivity contribution in [2.45, 2.75) is 0 Å². The number of hydrogen-bond donors (Lipinski definition) is 0. The molecule has 1 aliphatic rings. The second kappa shape index (κ2) is 5.58. The van der Waals surface area contributed by atoms with Gasteiger partial charge in [-0.2, -0.15) is 0 Å². The van der Waals surface area contributed by atoms with Crippen LogP contribution in [-0.4, -0.2) is 11.9 Å². The first kappa shape index (κ1) is 13.1. The number of nitrogens with zero attached hydrogens (tertiary/aromatic N) is 1. The molecule has 0 unspecified atom stereocenters. The monoisotopic (exact) mass is 375 g/mol. The summed E-state index contributed by atoms with van der Waals surface area (Å²) in [7, 11) is 0. The second-order valence-electron chi connectivity index (χ2n) is 4.26. The maximum atomic E-state index is 11.8. The van der Waals surface area contributed by atoms with E-state index in [1.165, 1.54) is 0 Å². The maximum Gasteiger partial charge on any atom is 0.363 e. The molecular formula is C16H10INO2. The molecule has 1 heterocycles. The van der Waals surface area contributed by atoms with Crippen molar-refractivity contribution < 1.29 is 9.53 Å². The van der Waals surface area contributed by atoms with Crippen molar-refractivity contribution in [3.63, 3.8) is 0 Å². The lowest BCUT2D eigenvalue weighted by Gasteiger charge is -1.97. The summed E-state index contributed by atoms with van der Waals surface area (Å²) in [5.74, 6) is -0.0600. The van der Waals surface area contributed by atoms with E-state index >= 15 is 0 Å². The van der Waals surface area contributed by atoms with E-state index in [1.807, 2.05) is 54.6 Å². The van der Waals surface area contributed by atoms with Gasteiger partial charge in [0.15, 0.2) is 5.70 Å². The number of ether oxygens (including phenoxy) is 1. The number of rotatable bonds is 2. The van der Waals surface area contributed by atoms with Crippen LogP contribution in [0.2, 0.25) is 0 Å². The zero-order chi connectivity index (χ0) is 13.9. The van der Waals surface area contributed by atoms with Gasteiger partial charge in [0.05, 0.1) is 0 Å². The normalized spacial score (nSPS) is 16.1. The number of benzene rings is 2. The van der Waals surface area contributed by atoms with Crippen molar-refractivity contribution in [1.82, 2.24) is 0 Å². The molecule has 0 fully saturated rings. The van der Waals surface area contributed by atoms with Crippen LogP contribution in [0.4, 0.5) is 0 Å². The topological polar surface area (TPSA) is 38.7 Å². The molecule has 3 rings (SSSR count). The number of halogens is 1. The Labute approximate surface area is 130 Å². The molecule has 2 aromatic carbocycles. The third-order valence-electron chi connectivity index (χ3n) is 2.79. The van der Waals surface area contributed by atoms with Crippen LogP contribution in [0.3, 0.4) is 0 Å². The zero-order valence-electron chi connectivity index (χ0n) is 10.4. The molecule has 2 aromatic rings. The lowest BCUT2D eigenvalue weighted by Crippen LogP contribution is -2.04. The van der Waals surface area contributed by atoms with Gasteiger partial charge in [0.25, 0.3) is 0 Å². The molecule has 0 aliphatic carbocycles. The Morgan fingerprint density at radius 3 is 2.60 bits per heavy atom. The van der Waals surface area contributed by atoms with Crippen molar-refractivity contribution in [3.8, 4) is 0 Å². The van der Waals surface area contributed by atoms with Gasteiger partial charge < -0.3 is 4.74 Å². The molecule has 98 valence electrons. The molecule has 4 heteroatoms. The van der Waals surface area contributed by atoms with Crippen molar-refractivity contribution >= 4 is 40.5 Å². The van der Waals surface area contributed by atoms with Gasteiger partial charge in [-0.25, -0.2) is 9.79 Å². The minimum atomic E-state index is -0.414. The summed E-state index contributed by atoms with van der Waals surface area (Å²) in [5.41, 5.74) is 2.06. The summed E-state index contributed by atoms with van der Waals surface area (Å²) in [5, 5.41) is 0. The van der Waals surface area contributed by atoms with Crippen molar-refractivity contribution in [1.29, 1.82) is 0 Å². The molecular weight excluding hydrogens is 365 g/mol. The quantitative estimate of drug-likeness (QED) is 0.457. The Bertz CT molecular complexity index is 720. The first-order valence-electron chi connectivity index (χ1n) is 6.06. The van der Waals surface area contributed by atoms with E-state index in [9.17, 15) is 4.79 Å². The molecule has 0 atom stereocenters. The van der Waals surface area contributed by atoms with E-state index in [1.54, 1.807) is 6.08 Å². The maximum absolute atomic E-state index is 11.8. The zero-order valence-corrected chi connectivity index (χ0v) is 12.6. The number of carbonyl (C=O) groups is 1. The highest BCUT2D eigenvalue weighted by Gasteiger charge is 2.23. The van der Waals surface area contributed by atoms with Gasteiger partial charge in [-0.3, -0.25) is 0 Å². The second-order valence-corrected chi connectivity index (χ2v) is 5.50. The Kier molecular flexibility index (Phi) is 3.64. The van der Waals surface area contributed by atoms with Gasteiger partial charge >= 0.3 is 5.97 Å². The first-order chi connectivity index (χ1) is 9.72. The molecule has 20 heavy (non-hydrogen) atoms. The smallest absolute Gasteiger partial charge is 0.363 e. The molecule has 0 amide bonds. The van der Waals surface area contributed by atoms with Gasteiger partial charge in [0.2, 0.25) is 5.90 Å². The SMILES string of the molecule is O=C1OC(c2ccccc2)=N/C1=C/c1cccc(I)c1. The molecule has 1 aliphatic heterocycles. The fourth-order valence-electron chi connectivity index (χ4n) is 1.87. The predicted molar refractivity (Wildman–Crippen MR) is 86.2 cm³/mol. The molecule has 0 spiro atoms. The molecule has 3 nitrogen and oxygen atoms in total. The fraction of sp³-hybridized carbons (Fsp3) is 0. The van der Waals surface area contributed by atoms with Crippen molar-refractivity contribution in [2.75, 3.05) is 0 Å². The Morgan fingerprint density at radius 1 is 1.05 bits per heavy atom. The molecule has 0 saturated heterocycles. The van der Waals surface area contributed by atoms with Gasteiger partial charge in [-0.05, 0) is 58.5 Å². The van der Waals surface area contributed by atoms with Crippen molar-refractivity contribution in [2.24, 2.45) is 4.99 Å². The van der Waals surface area contributed by atoms with Crippen LogP contribution in [0, 0.1) is 3.57 Å². The third-order valence-corrected chi connectivity index (χ3v) is 3.46. The van der Waals surface area contributed by atoms with E-state index in [0.717, 1.165) is 14.7 Å². The number of hydrogen-bond acceptors (Lipinski definition) is 3. The van der Waals surface area contributed by atoms with Crippen LogP contribution in [0.1, 0.15) is 11.1 Å². The Morgan fingerprint density at radius 2 is 1.85 bits per heavy atom. The molecule has 0 N–H and O–H groups in total. The summed E-state index contributed by atoms with van der Waals surface area (Å²) >= 11 is 2.23. The van der Waals surface area contributed by atoms with Crippen LogP contribution < -0.4 is 0 Å². The van der Waals surface area contributed by atoms with Crippen molar-refractivity contribution in [3.05, 3.63) is 75.0 Å². The van der Waals surface area contributed by atoms with E-state index in [4.69, 9.17) is 4.74 Å². The van der Waals surface area contributed by atoms with Crippen LogP contribution >= 0.6 is 22.6 Å².